The number of allylic oxidation sites excluding steroid dienone is 2. The Kier molecular flexibility index (Phi) is 3.91. The molecule has 0 N–H and O–H groups in total. The Morgan fingerprint density at radius 1 is 1.57 bits per heavy atom. The van der Waals surface area contributed by atoms with E-state index in [2.05, 4.69) is 26.8 Å². The van der Waals surface area contributed by atoms with Crippen LogP contribution < -0.4 is 0 Å². The highest BCUT2D eigenvalue weighted by Crippen LogP contribution is 2.34. The first-order chi connectivity index (χ1) is 6.56. The highest BCUT2D eigenvalue weighted by molar-refractivity contribution is 5.83. The van der Waals surface area contributed by atoms with Crippen LogP contribution in [0.2, 0.25) is 0 Å². The summed E-state index contributed by atoms with van der Waals surface area (Å²) in [5, 5.41) is 0. The van der Waals surface area contributed by atoms with Gasteiger partial charge in [0.05, 0.1) is 0 Å². The van der Waals surface area contributed by atoms with Gasteiger partial charge in [0, 0.05) is 12.3 Å². The van der Waals surface area contributed by atoms with Crippen LogP contribution in [0.3, 0.4) is 0 Å². The molecule has 1 aliphatic carbocycles. The molecule has 0 aromatic rings. The highest BCUT2D eigenvalue weighted by Gasteiger charge is 2.27. The van der Waals surface area contributed by atoms with Gasteiger partial charge in [0.25, 0.3) is 0 Å². The summed E-state index contributed by atoms with van der Waals surface area (Å²) in [5.74, 6) is 2.05. The summed E-state index contributed by atoms with van der Waals surface area (Å²) in [7, 11) is 0. The molecule has 0 amide bonds. The van der Waals surface area contributed by atoms with Crippen LogP contribution in [0.1, 0.15) is 47.0 Å². The Morgan fingerprint density at radius 3 is 2.71 bits per heavy atom. The third-order valence-corrected chi connectivity index (χ3v) is 3.51. The van der Waals surface area contributed by atoms with Gasteiger partial charge in [0.2, 0.25) is 0 Å². The third-order valence-electron chi connectivity index (χ3n) is 3.51. The largest absolute Gasteiger partial charge is 0.299 e. The lowest BCUT2D eigenvalue weighted by Gasteiger charge is -2.29. The summed E-state index contributed by atoms with van der Waals surface area (Å²) in [6, 6.07) is 0. The van der Waals surface area contributed by atoms with Gasteiger partial charge in [-0.15, -0.1) is 0 Å². The maximum absolute atomic E-state index is 11.7. The predicted octanol–water partition coefficient (Wildman–Crippen LogP) is 3.59. The number of carbonyl (C=O) groups is 1. The van der Waals surface area contributed by atoms with Gasteiger partial charge >= 0.3 is 0 Å². The first-order valence-electron chi connectivity index (χ1n) is 5.75. The minimum absolute atomic E-state index is 0.223. The zero-order chi connectivity index (χ0) is 10.7. The third kappa shape index (κ3) is 2.46. The molecule has 0 heterocycles. The first-order valence-corrected chi connectivity index (χ1v) is 5.75. The predicted molar refractivity (Wildman–Crippen MR) is 60.1 cm³/mol. The average molecular weight is 194 g/mol. The van der Waals surface area contributed by atoms with Crippen LogP contribution in [0.15, 0.2) is 11.6 Å². The molecule has 0 unspecified atom stereocenters. The summed E-state index contributed by atoms with van der Waals surface area (Å²) >= 11 is 0. The molecule has 0 aromatic heterocycles. The minimum Gasteiger partial charge on any atom is -0.299 e. The average Bonchev–Trinajstić information content (AvgIpc) is 2.17. The molecule has 0 fully saturated rings. The number of Topliss-reactive ketones (excluding diaryl/α,β-unsaturated/α-hetero) is 1. The van der Waals surface area contributed by atoms with Crippen LogP contribution in [-0.2, 0) is 4.79 Å². The van der Waals surface area contributed by atoms with Crippen molar-refractivity contribution in [3.63, 3.8) is 0 Å². The van der Waals surface area contributed by atoms with Crippen LogP contribution in [0, 0.1) is 17.8 Å². The van der Waals surface area contributed by atoms with Crippen molar-refractivity contribution < 1.29 is 4.79 Å². The van der Waals surface area contributed by atoms with E-state index in [0.29, 0.717) is 24.0 Å². The summed E-state index contributed by atoms with van der Waals surface area (Å²) in [5.41, 5.74) is 1.30. The van der Waals surface area contributed by atoms with Crippen LogP contribution in [0.5, 0.6) is 0 Å². The van der Waals surface area contributed by atoms with Crippen molar-refractivity contribution in [2.75, 3.05) is 0 Å². The van der Waals surface area contributed by atoms with E-state index in [1.165, 1.54) is 5.57 Å². The van der Waals surface area contributed by atoms with Crippen LogP contribution >= 0.6 is 0 Å². The van der Waals surface area contributed by atoms with Crippen molar-refractivity contribution >= 4 is 5.78 Å². The first kappa shape index (κ1) is 11.5. The maximum atomic E-state index is 11.7. The van der Waals surface area contributed by atoms with E-state index in [4.69, 9.17) is 0 Å². The van der Waals surface area contributed by atoms with Crippen LogP contribution in [0.4, 0.5) is 0 Å². The van der Waals surface area contributed by atoms with Gasteiger partial charge in [-0.25, -0.2) is 0 Å². The molecule has 14 heavy (non-hydrogen) atoms. The Hall–Kier alpha value is -0.590. The molecule has 0 aromatic carbocycles. The molecule has 80 valence electrons. The number of hydrogen-bond donors (Lipinski definition) is 0. The maximum Gasteiger partial charge on any atom is 0.139 e. The molecule has 0 spiro atoms. The second-order valence-electron chi connectivity index (χ2n) is 4.80. The fraction of sp³-hybridized carbons (Fsp3) is 0.769. The SMILES string of the molecule is CCC(=O)[C@H]1C[C@H](C(C)C)CC=C1C. The minimum atomic E-state index is 0.223. The van der Waals surface area contributed by atoms with E-state index >= 15 is 0 Å². The Labute approximate surface area is 87.6 Å². The van der Waals surface area contributed by atoms with Crippen LogP contribution in [-0.4, -0.2) is 5.78 Å². The highest BCUT2D eigenvalue weighted by atomic mass is 16.1. The molecule has 1 nitrogen and oxygen atoms in total. The van der Waals surface area contributed by atoms with Gasteiger partial charge in [0.15, 0.2) is 0 Å². The summed E-state index contributed by atoms with van der Waals surface area (Å²) in [6.45, 7) is 8.59. The molecule has 1 aliphatic rings. The molecule has 0 saturated carbocycles. The second-order valence-corrected chi connectivity index (χ2v) is 4.80. The zero-order valence-corrected chi connectivity index (χ0v) is 9.84. The van der Waals surface area contributed by atoms with E-state index in [1.807, 2.05) is 6.92 Å². The van der Waals surface area contributed by atoms with Crippen molar-refractivity contribution in [3.8, 4) is 0 Å². The Balaban J connectivity index is 2.71. The number of carbonyl (C=O) groups excluding carboxylic acids is 1. The number of hydrogen-bond acceptors (Lipinski definition) is 1. The van der Waals surface area contributed by atoms with Crippen molar-refractivity contribution in [2.24, 2.45) is 17.8 Å². The van der Waals surface area contributed by atoms with Crippen molar-refractivity contribution in [3.05, 3.63) is 11.6 Å². The quantitative estimate of drug-likeness (QED) is 0.627. The monoisotopic (exact) mass is 194 g/mol. The fourth-order valence-electron chi connectivity index (χ4n) is 2.24. The van der Waals surface area contributed by atoms with Gasteiger partial charge in [-0.05, 0) is 31.6 Å². The standard InChI is InChI=1S/C13H22O/c1-5-13(14)12-8-11(9(2)3)7-6-10(12)4/h6,9,11-12H,5,7-8H2,1-4H3/t11-,12+/m1/s1. The molecule has 1 heteroatoms. The van der Waals surface area contributed by atoms with Gasteiger partial charge in [0.1, 0.15) is 5.78 Å². The smallest absolute Gasteiger partial charge is 0.139 e. The fourth-order valence-corrected chi connectivity index (χ4v) is 2.24. The van der Waals surface area contributed by atoms with E-state index < -0.39 is 0 Å². The summed E-state index contributed by atoms with van der Waals surface area (Å²) < 4.78 is 0. The van der Waals surface area contributed by atoms with E-state index in [-0.39, 0.29) is 5.92 Å². The van der Waals surface area contributed by atoms with E-state index in [1.54, 1.807) is 0 Å². The normalized spacial score (nSPS) is 27.6. The van der Waals surface area contributed by atoms with E-state index in [9.17, 15) is 4.79 Å². The van der Waals surface area contributed by atoms with Crippen molar-refractivity contribution in [1.29, 1.82) is 0 Å². The molecule has 0 aliphatic heterocycles. The molecular formula is C13H22O. The van der Waals surface area contributed by atoms with Crippen molar-refractivity contribution in [1.82, 2.24) is 0 Å². The molecule has 0 bridgehead atoms. The topological polar surface area (TPSA) is 17.1 Å². The lowest BCUT2D eigenvalue weighted by molar-refractivity contribution is -0.122. The van der Waals surface area contributed by atoms with E-state index in [0.717, 1.165) is 12.8 Å². The van der Waals surface area contributed by atoms with Gasteiger partial charge in [-0.2, -0.15) is 0 Å². The van der Waals surface area contributed by atoms with Crippen molar-refractivity contribution in [2.45, 2.75) is 47.0 Å². The zero-order valence-electron chi connectivity index (χ0n) is 9.84. The number of rotatable bonds is 3. The number of ketones is 1. The second kappa shape index (κ2) is 4.77. The molecule has 0 radical (unpaired) electrons. The lowest BCUT2D eigenvalue weighted by Crippen LogP contribution is -2.24. The molecule has 0 saturated heterocycles. The summed E-state index contributed by atoms with van der Waals surface area (Å²) in [6.07, 6.45) is 5.19. The van der Waals surface area contributed by atoms with Crippen LogP contribution in [0.25, 0.3) is 0 Å². The summed E-state index contributed by atoms with van der Waals surface area (Å²) in [4.78, 5) is 11.7. The van der Waals surface area contributed by atoms with Gasteiger partial charge in [-0.3, -0.25) is 4.79 Å². The molecular weight excluding hydrogens is 172 g/mol. The van der Waals surface area contributed by atoms with Gasteiger partial charge in [-0.1, -0.05) is 32.4 Å². The Morgan fingerprint density at radius 2 is 2.21 bits per heavy atom. The molecule has 1 rings (SSSR count). The molecule has 2 atom stereocenters. The Bertz CT molecular complexity index is 238. The lowest BCUT2D eigenvalue weighted by atomic mass is 9.75. The van der Waals surface area contributed by atoms with Gasteiger partial charge < -0.3 is 0 Å².